The molecule has 0 saturated carbocycles. The summed E-state index contributed by atoms with van der Waals surface area (Å²) in [6.45, 7) is 2.00. The minimum absolute atomic E-state index is 0. The summed E-state index contributed by atoms with van der Waals surface area (Å²) in [7, 11) is 0. The second-order valence-corrected chi connectivity index (χ2v) is 0.365. The Morgan fingerprint density at radius 1 is 0.571 bits per heavy atom. The van der Waals surface area contributed by atoms with Crippen molar-refractivity contribution in [3.05, 3.63) is 0 Å². The molecule has 0 rings (SSSR count). The Balaban J connectivity index is -0.0000000145. The first kappa shape index (κ1) is 37.6. The third-order valence-electron chi connectivity index (χ3n) is 0. The number of rotatable bonds is 0. The molecule has 4 N–H and O–H groups in total. The summed E-state index contributed by atoms with van der Waals surface area (Å²) in [5.41, 5.74) is 0. The molecular formula is C4H4CoNaO8. The zero-order valence-corrected chi connectivity index (χ0v) is 9.80. The van der Waals surface area contributed by atoms with Gasteiger partial charge in [-0.1, -0.05) is 25.9 Å². The van der Waals surface area contributed by atoms with Crippen molar-refractivity contribution >= 4 is 25.9 Å². The van der Waals surface area contributed by atoms with E-state index in [1.807, 2.05) is 0 Å². The molecule has 0 bridgehead atoms. The molecule has 0 radical (unpaired) electrons. The van der Waals surface area contributed by atoms with Crippen molar-refractivity contribution in [1.82, 2.24) is 0 Å². The van der Waals surface area contributed by atoms with E-state index in [-0.39, 0.29) is 46.3 Å². The normalized spacial score (nSPS) is 3.43. The molecule has 8 nitrogen and oxygen atoms in total. The molecule has 10 heteroatoms. The molecule has 0 aliphatic carbocycles. The van der Waals surface area contributed by atoms with E-state index < -0.39 is 0 Å². The molecule has 0 aromatic heterocycles. The topological polar surface area (TPSA) is 149 Å². The van der Waals surface area contributed by atoms with Crippen LogP contribution in [0.25, 0.3) is 0 Å². The molecule has 14 heavy (non-hydrogen) atoms. The van der Waals surface area contributed by atoms with E-state index in [0.29, 0.717) is 25.9 Å². The van der Waals surface area contributed by atoms with Crippen LogP contribution in [0.5, 0.6) is 0 Å². The van der Waals surface area contributed by atoms with Crippen molar-refractivity contribution in [3.63, 3.8) is 0 Å². The molecule has 0 aromatic carbocycles. The third-order valence-corrected chi connectivity index (χ3v) is 0. The summed E-state index contributed by atoms with van der Waals surface area (Å²) >= 11 is 0. The molecule has 0 aliphatic rings. The average molecular weight is 262 g/mol. The standard InChI is InChI=1S/4CHO2.Co.Na/c4*2-1-3;;/h4*(H,2,3);;/q4*-1;+3;+1. The van der Waals surface area contributed by atoms with Crippen molar-refractivity contribution < 1.29 is 85.9 Å². The quantitative estimate of drug-likeness (QED) is 0.252. The van der Waals surface area contributed by atoms with Gasteiger partial charge in [0.1, 0.15) is 0 Å². The summed E-state index contributed by atoms with van der Waals surface area (Å²) in [5, 5.41) is 27.1. The van der Waals surface area contributed by atoms with Gasteiger partial charge in [0.2, 0.25) is 0 Å². The largest absolute Gasteiger partial charge is 3.00 e. The van der Waals surface area contributed by atoms with E-state index >= 15 is 0 Å². The Morgan fingerprint density at radius 2 is 0.571 bits per heavy atom. The van der Waals surface area contributed by atoms with Crippen LogP contribution in [0.1, 0.15) is 0 Å². The van der Waals surface area contributed by atoms with Gasteiger partial charge in [0, 0.05) is 0 Å². The van der Waals surface area contributed by atoms with Crippen LogP contribution in [0.4, 0.5) is 0 Å². The van der Waals surface area contributed by atoms with E-state index in [4.69, 9.17) is 39.6 Å². The molecule has 0 amide bonds. The zero-order chi connectivity index (χ0) is 10.8. The van der Waals surface area contributed by atoms with Gasteiger partial charge in [-0.25, -0.2) is 0 Å². The Hall–Kier alpha value is -0.614. The maximum Gasteiger partial charge on any atom is 3.00 e. The first-order valence-corrected chi connectivity index (χ1v) is 1.71. The van der Waals surface area contributed by atoms with Crippen molar-refractivity contribution in [3.8, 4) is 0 Å². The van der Waals surface area contributed by atoms with Crippen LogP contribution >= 0.6 is 0 Å². The molecule has 78 valence electrons. The summed E-state index contributed by atoms with van der Waals surface area (Å²) in [6, 6.07) is 0. The Kier molecular flexibility index (Phi) is 377. The molecule has 0 heterocycles. The average Bonchev–Trinajstić information content (AvgIpc) is 1.92. The van der Waals surface area contributed by atoms with Crippen molar-refractivity contribution in [2.24, 2.45) is 0 Å². The van der Waals surface area contributed by atoms with Gasteiger partial charge in [-0.05, 0) is 0 Å². The van der Waals surface area contributed by atoms with Gasteiger partial charge in [-0.3, -0.25) is 0 Å². The van der Waals surface area contributed by atoms with E-state index in [2.05, 4.69) is 0 Å². The van der Waals surface area contributed by atoms with Gasteiger partial charge in [0.05, 0.1) is 0 Å². The molecule has 0 unspecified atom stereocenters. The second kappa shape index (κ2) is 140. The summed E-state index contributed by atoms with van der Waals surface area (Å²) in [5.74, 6) is 0. The molecule has 0 saturated heterocycles. The van der Waals surface area contributed by atoms with Gasteiger partial charge in [-0.15, -0.1) is 0 Å². The van der Waals surface area contributed by atoms with Crippen molar-refractivity contribution in [1.29, 1.82) is 0 Å². The van der Waals surface area contributed by atoms with Crippen LogP contribution in [0.3, 0.4) is 0 Å². The molecule has 0 atom stereocenters. The fourth-order valence-corrected chi connectivity index (χ4v) is 0. The predicted octanol–water partition coefficient (Wildman–Crippen LogP) is -4.55. The summed E-state index contributed by atoms with van der Waals surface area (Å²) < 4.78 is 0. The fraction of sp³-hybridized carbons (Fsp3) is 0. The van der Waals surface area contributed by atoms with Crippen molar-refractivity contribution in [2.75, 3.05) is 0 Å². The van der Waals surface area contributed by atoms with Gasteiger partial charge < -0.3 is 39.6 Å². The number of hydrogen-bond donors (Lipinski definition) is 4. The molecule has 0 aliphatic heterocycles. The van der Waals surface area contributed by atoms with Crippen LogP contribution in [0, 0.1) is 0 Å². The van der Waals surface area contributed by atoms with Crippen LogP contribution in [0.15, 0.2) is 0 Å². The Bertz CT molecular complexity index is 75.3. The zero-order valence-electron chi connectivity index (χ0n) is 6.76. The minimum Gasteiger partial charge on any atom is -0.665 e. The first-order valence-electron chi connectivity index (χ1n) is 1.71. The third kappa shape index (κ3) is 3260. The Labute approximate surface area is 111 Å². The van der Waals surface area contributed by atoms with Crippen LogP contribution in [-0.2, 0) is 36.0 Å². The molecular weight excluding hydrogens is 258 g/mol. The van der Waals surface area contributed by atoms with E-state index in [0.717, 1.165) is 0 Å². The maximum absolute atomic E-state index is 8.24. The molecule has 0 fully saturated rings. The minimum atomic E-state index is 0. The monoisotopic (exact) mass is 262 g/mol. The smallest absolute Gasteiger partial charge is 0.665 e. The van der Waals surface area contributed by atoms with Gasteiger partial charge in [-0.2, -0.15) is 0 Å². The summed E-state index contributed by atoms with van der Waals surface area (Å²) in [4.78, 5) is 32.9. The predicted molar refractivity (Wildman–Crippen MR) is 33.3 cm³/mol. The Morgan fingerprint density at radius 3 is 0.571 bits per heavy atom. The molecule has 0 spiro atoms. The van der Waals surface area contributed by atoms with Crippen molar-refractivity contribution in [2.45, 2.75) is 0 Å². The van der Waals surface area contributed by atoms with E-state index in [1.165, 1.54) is 0 Å². The van der Waals surface area contributed by atoms with E-state index in [9.17, 15) is 0 Å². The molecule has 0 aromatic rings. The van der Waals surface area contributed by atoms with Crippen LogP contribution in [-0.4, -0.2) is 46.3 Å². The van der Waals surface area contributed by atoms with Gasteiger partial charge in [0.25, 0.3) is 0 Å². The maximum atomic E-state index is 8.24. The SMILES string of the molecule is O=[C-]O.O=[C-]O.O=[C-]O.O=[C-]O.[Co+3].[Na+]. The number of aliphatic hydroxyl groups excluding tert-OH is 4. The van der Waals surface area contributed by atoms with Gasteiger partial charge >= 0.3 is 46.3 Å². The second-order valence-electron chi connectivity index (χ2n) is 0.365. The fourth-order valence-electron chi connectivity index (χ4n) is 0. The van der Waals surface area contributed by atoms with Crippen LogP contribution in [0.2, 0.25) is 0 Å². The van der Waals surface area contributed by atoms with Crippen LogP contribution < -0.4 is 29.6 Å². The first-order chi connectivity index (χ1) is 5.66. The summed E-state index contributed by atoms with van der Waals surface area (Å²) in [6.07, 6.45) is 0. The number of hydrogen-bond acceptors (Lipinski definition) is 4. The van der Waals surface area contributed by atoms with E-state index in [1.54, 1.807) is 0 Å². The van der Waals surface area contributed by atoms with Gasteiger partial charge in [0.15, 0.2) is 0 Å².